The number of likely N-dealkylation sites (tertiary alicyclic amines) is 1. The fourth-order valence-corrected chi connectivity index (χ4v) is 3.18. The number of hydrogen-bond acceptors (Lipinski definition) is 6. The number of methoxy groups -OCH3 is 1. The number of aryl methyl sites for hydroxylation is 1. The topological polar surface area (TPSA) is 97.1 Å². The molecular formula is C16H17N5O3. The number of amides is 1. The van der Waals surface area contributed by atoms with Gasteiger partial charge in [0, 0.05) is 25.5 Å². The first-order chi connectivity index (χ1) is 11.7. The van der Waals surface area contributed by atoms with E-state index in [-0.39, 0.29) is 18.1 Å². The lowest BCUT2D eigenvalue weighted by molar-refractivity contribution is 0.0672. The fourth-order valence-electron chi connectivity index (χ4n) is 3.18. The molecule has 24 heavy (non-hydrogen) atoms. The van der Waals surface area contributed by atoms with E-state index in [9.17, 15) is 4.79 Å². The second-order valence-corrected chi connectivity index (χ2v) is 5.88. The Hall–Kier alpha value is -2.74. The molecule has 124 valence electrons. The SMILES string of the molecule is CO[C@@H]1C[C@H](c2nc(C)no2)N(C(=O)c2cccc3[nH]ncc23)C1. The summed E-state index contributed by atoms with van der Waals surface area (Å²) >= 11 is 0. The Balaban J connectivity index is 1.72. The predicted octanol–water partition coefficient (Wildman–Crippen LogP) is 1.86. The van der Waals surface area contributed by atoms with Crippen LogP contribution in [0.15, 0.2) is 28.9 Å². The van der Waals surface area contributed by atoms with Crippen LogP contribution in [0.25, 0.3) is 10.9 Å². The second kappa shape index (κ2) is 5.72. The molecule has 0 unspecified atom stereocenters. The van der Waals surface area contributed by atoms with Crippen LogP contribution >= 0.6 is 0 Å². The average Bonchev–Trinajstić information content (AvgIpc) is 3.31. The predicted molar refractivity (Wildman–Crippen MR) is 84.3 cm³/mol. The van der Waals surface area contributed by atoms with Gasteiger partial charge in [-0.15, -0.1) is 0 Å². The monoisotopic (exact) mass is 327 g/mol. The van der Waals surface area contributed by atoms with Crippen molar-refractivity contribution in [3.8, 4) is 0 Å². The van der Waals surface area contributed by atoms with Crippen molar-refractivity contribution in [3.05, 3.63) is 41.7 Å². The number of carbonyl (C=O) groups excluding carboxylic acids is 1. The first kappa shape index (κ1) is 14.8. The first-order valence-corrected chi connectivity index (χ1v) is 7.73. The molecule has 1 aliphatic rings. The molecule has 0 radical (unpaired) electrons. The molecule has 1 fully saturated rings. The van der Waals surface area contributed by atoms with Gasteiger partial charge in [-0.3, -0.25) is 9.89 Å². The van der Waals surface area contributed by atoms with Gasteiger partial charge in [0.05, 0.1) is 23.4 Å². The van der Waals surface area contributed by atoms with Crippen molar-refractivity contribution in [2.24, 2.45) is 0 Å². The molecular weight excluding hydrogens is 310 g/mol. The number of aromatic amines is 1. The number of hydrogen-bond donors (Lipinski definition) is 1. The number of ether oxygens (including phenoxy) is 1. The Morgan fingerprint density at radius 2 is 2.33 bits per heavy atom. The van der Waals surface area contributed by atoms with E-state index in [1.807, 2.05) is 12.1 Å². The highest BCUT2D eigenvalue weighted by Crippen LogP contribution is 2.34. The Morgan fingerprint density at radius 3 is 3.08 bits per heavy atom. The molecule has 1 aromatic carbocycles. The molecule has 3 aromatic rings. The lowest BCUT2D eigenvalue weighted by Gasteiger charge is -2.22. The smallest absolute Gasteiger partial charge is 0.255 e. The third-order valence-corrected chi connectivity index (χ3v) is 4.40. The van der Waals surface area contributed by atoms with Gasteiger partial charge in [-0.2, -0.15) is 10.1 Å². The quantitative estimate of drug-likeness (QED) is 0.788. The summed E-state index contributed by atoms with van der Waals surface area (Å²) < 4.78 is 10.8. The Bertz CT molecular complexity index is 887. The van der Waals surface area contributed by atoms with E-state index in [1.165, 1.54) is 0 Å². The minimum absolute atomic E-state index is 0.0605. The molecule has 8 nitrogen and oxygen atoms in total. The van der Waals surface area contributed by atoms with Crippen LogP contribution in [0.2, 0.25) is 0 Å². The number of carbonyl (C=O) groups is 1. The number of aromatic nitrogens is 4. The van der Waals surface area contributed by atoms with E-state index in [0.29, 0.717) is 30.2 Å². The molecule has 0 bridgehead atoms. The van der Waals surface area contributed by atoms with Gasteiger partial charge >= 0.3 is 0 Å². The molecule has 2 aromatic heterocycles. The normalized spacial score (nSPS) is 20.8. The zero-order chi connectivity index (χ0) is 16.7. The number of nitrogens with one attached hydrogen (secondary N) is 1. The molecule has 0 saturated carbocycles. The Kier molecular flexibility index (Phi) is 3.53. The Morgan fingerprint density at radius 1 is 1.46 bits per heavy atom. The van der Waals surface area contributed by atoms with Crippen molar-refractivity contribution in [1.82, 2.24) is 25.2 Å². The zero-order valence-corrected chi connectivity index (χ0v) is 13.4. The Labute approximate surface area is 137 Å². The molecule has 4 rings (SSSR count). The average molecular weight is 327 g/mol. The second-order valence-electron chi connectivity index (χ2n) is 5.88. The maximum absolute atomic E-state index is 13.1. The molecule has 0 spiro atoms. The molecule has 8 heteroatoms. The van der Waals surface area contributed by atoms with Gasteiger partial charge < -0.3 is 14.2 Å². The highest BCUT2D eigenvalue weighted by molar-refractivity contribution is 6.06. The van der Waals surface area contributed by atoms with Crippen LogP contribution in [0.5, 0.6) is 0 Å². The van der Waals surface area contributed by atoms with Crippen molar-refractivity contribution in [2.45, 2.75) is 25.5 Å². The molecule has 1 amide bonds. The molecule has 1 saturated heterocycles. The van der Waals surface area contributed by atoms with Crippen molar-refractivity contribution < 1.29 is 14.1 Å². The van der Waals surface area contributed by atoms with Gasteiger partial charge in [-0.05, 0) is 19.1 Å². The van der Waals surface area contributed by atoms with E-state index >= 15 is 0 Å². The van der Waals surface area contributed by atoms with Crippen LogP contribution < -0.4 is 0 Å². The number of rotatable bonds is 3. The van der Waals surface area contributed by atoms with Gasteiger partial charge in [-0.25, -0.2) is 0 Å². The van der Waals surface area contributed by atoms with Crippen LogP contribution in [0, 0.1) is 6.92 Å². The number of benzene rings is 1. The maximum atomic E-state index is 13.1. The zero-order valence-electron chi connectivity index (χ0n) is 13.4. The van der Waals surface area contributed by atoms with Crippen molar-refractivity contribution >= 4 is 16.8 Å². The minimum Gasteiger partial charge on any atom is -0.380 e. The van der Waals surface area contributed by atoms with Crippen molar-refractivity contribution in [1.29, 1.82) is 0 Å². The third kappa shape index (κ3) is 2.35. The summed E-state index contributed by atoms with van der Waals surface area (Å²) in [4.78, 5) is 19.2. The van der Waals surface area contributed by atoms with Crippen LogP contribution in [0.4, 0.5) is 0 Å². The molecule has 3 heterocycles. The van der Waals surface area contributed by atoms with Crippen molar-refractivity contribution in [2.75, 3.05) is 13.7 Å². The summed E-state index contributed by atoms with van der Waals surface area (Å²) in [5.74, 6) is 0.900. The van der Waals surface area contributed by atoms with Crippen LogP contribution in [-0.4, -0.2) is 50.9 Å². The number of fused-ring (bicyclic) bond motifs is 1. The lowest BCUT2D eigenvalue weighted by Crippen LogP contribution is -2.32. The summed E-state index contributed by atoms with van der Waals surface area (Å²) in [7, 11) is 1.64. The van der Waals surface area contributed by atoms with Gasteiger partial charge in [-0.1, -0.05) is 11.2 Å². The number of H-pyrrole nitrogens is 1. The lowest BCUT2D eigenvalue weighted by atomic mass is 10.1. The van der Waals surface area contributed by atoms with E-state index in [1.54, 1.807) is 31.2 Å². The standard InChI is InChI=1S/C16H17N5O3/c1-9-18-15(24-20-9)14-6-10(23-2)8-21(14)16(22)11-4-3-5-13-12(11)7-17-19-13/h3-5,7,10,14H,6,8H2,1-2H3,(H,17,19)/t10-,14-/m1/s1. The first-order valence-electron chi connectivity index (χ1n) is 7.73. The van der Waals surface area contributed by atoms with E-state index in [2.05, 4.69) is 20.3 Å². The molecule has 1 aliphatic heterocycles. The summed E-state index contributed by atoms with van der Waals surface area (Å²) in [5.41, 5.74) is 1.42. The molecule has 1 N–H and O–H groups in total. The molecule has 2 atom stereocenters. The minimum atomic E-state index is -0.286. The fraction of sp³-hybridized carbons (Fsp3) is 0.375. The van der Waals surface area contributed by atoms with Crippen LogP contribution in [0.1, 0.15) is 34.5 Å². The van der Waals surface area contributed by atoms with E-state index in [0.717, 1.165) is 10.9 Å². The van der Waals surface area contributed by atoms with Gasteiger partial charge in [0.15, 0.2) is 5.82 Å². The summed E-state index contributed by atoms with van der Waals surface area (Å²) in [5, 5.41) is 11.5. The summed E-state index contributed by atoms with van der Waals surface area (Å²) in [6.45, 7) is 2.24. The number of nitrogens with zero attached hydrogens (tertiary/aromatic N) is 4. The van der Waals surface area contributed by atoms with Crippen LogP contribution in [0.3, 0.4) is 0 Å². The highest BCUT2D eigenvalue weighted by atomic mass is 16.5. The molecule has 0 aliphatic carbocycles. The van der Waals surface area contributed by atoms with Gasteiger partial charge in [0.2, 0.25) is 5.89 Å². The third-order valence-electron chi connectivity index (χ3n) is 4.40. The van der Waals surface area contributed by atoms with Gasteiger partial charge in [0.25, 0.3) is 5.91 Å². The van der Waals surface area contributed by atoms with Crippen molar-refractivity contribution in [3.63, 3.8) is 0 Å². The summed E-state index contributed by atoms with van der Waals surface area (Å²) in [6.07, 6.45) is 2.23. The summed E-state index contributed by atoms with van der Waals surface area (Å²) in [6, 6.07) is 5.24. The largest absolute Gasteiger partial charge is 0.380 e. The van der Waals surface area contributed by atoms with E-state index < -0.39 is 0 Å². The highest BCUT2D eigenvalue weighted by Gasteiger charge is 2.40. The van der Waals surface area contributed by atoms with Gasteiger partial charge in [0.1, 0.15) is 6.04 Å². The van der Waals surface area contributed by atoms with Crippen LogP contribution in [-0.2, 0) is 4.74 Å². The maximum Gasteiger partial charge on any atom is 0.255 e. The van der Waals surface area contributed by atoms with E-state index in [4.69, 9.17) is 9.26 Å².